The molecule has 0 radical (unpaired) electrons. The predicted molar refractivity (Wildman–Crippen MR) is 117 cm³/mol. The Morgan fingerprint density at radius 1 is 1.00 bits per heavy atom. The Morgan fingerprint density at radius 2 is 1.77 bits per heavy atom. The molecule has 2 aromatic carbocycles. The predicted octanol–water partition coefficient (Wildman–Crippen LogP) is 5.38. The van der Waals surface area contributed by atoms with E-state index in [1.807, 2.05) is 28.0 Å². The zero-order valence-corrected chi connectivity index (χ0v) is 17.9. The summed E-state index contributed by atoms with van der Waals surface area (Å²) in [6, 6.07) is 13.5. The lowest BCUT2D eigenvalue weighted by atomic mass is 10.1. The highest BCUT2D eigenvalue weighted by molar-refractivity contribution is 7.18. The molecule has 1 aliphatic rings. The number of halogens is 3. The number of hydrogen-bond donors (Lipinski definition) is 0. The highest BCUT2D eigenvalue weighted by atomic mass is 32.1. The second-order valence-electron chi connectivity index (χ2n) is 7.70. The number of carbonyl (C=O) groups is 1. The first-order chi connectivity index (χ1) is 14.9. The number of aryl methyl sites for hydroxylation is 1. The lowest BCUT2D eigenvalue weighted by Crippen LogP contribution is -2.48. The third-order valence-electron chi connectivity index (χ3n) is 5.54. The van der Waals surface area contributed by atoms with Gasteiger partial charge in [-0.05, 0) is 49.6 Å². The summed E-state index contributed by atoms with van der Waals surface area (Å²) < 4.78 is 40.0. The quantitative estimate of drug-likeness (QED) is 0.476. The van der Waals surface area contributed by atoms with Gasteiger partial charge in [0.1, 0.15) is 0 Å². The van der Waals surface area contributed by atoms with Crippen molar-refractivity contribution < 1.29 is 18.0 Å². The maximum atomic E-state index is 12.9. The van der Waals surface area contributed by atoms with E-state index in [0.717, 1.165) is 35.9 Å². The van der Waals surface area contributed by atoms with E-state index in [9.17, 15) is 18.0 Å². The number of piperazine rings is 1. The van der Waals surface area contributed by atoms with E-state index >= 15 is 0 Å². The number of aromatic nitrogens is 1. The average molecular weight is 448 g/mol. The molecule has 4 nitrogen and oxygen atoms in total. The second-order valence-corrected chi connectivity index (χ2v) is 8.81. The Morgan fingerprint density at radius 3 is 2.52 bits per heavy atom. The molecule has 8 heteroatoms. The molecule has 1 saturated heterocycles. The molecular weight excluding hydrogens is 423 g/mol. The van der Waals surface area contributed by atoms with Gasteiger partial charge in [0, 0.05) is 38.3 Å². The van der Waals surface area contributed by atoms with Crippen molar-refractivity contribution in [2.24, 2.45) is 0 Å². The number of hydrogen-bond acceptors (Lipinski definition) is 4. The van der Waals surface area contributed by atoms with Crippen LogP contribution in [0.4, 0.5) is 18.9 Å². The number of benzene rings is 2. The standard InChI is InChI=1S/C23H24F3N3OS/c24-23(25,26)17-6-5-7-18(16-17)28-12-14-29(15-13-28)22(30)11-4-3-10-21-27-19-8-1-2-9-20(19)31-21/h1-2,5-9,16H,3-4,10-15H2. The molecule has 1 fully saturated rings. The number of rotatable bonds is 6. The van der Waals surface area contributed by atoms with Crippen molar-refractivity contribution in [3.05, 3.63) is 59.1 Å². The molecule has 1 aromatic heterocycles. The van der Waals surface area contributed by atoms with Gasteiger partial charge in [0.25, 0.3) is 0 Å². The molecule has 2 heterocycles. The Hall–Kier alpha value is -2.61. The molecule has 0 saturated carbocycles. The molecule has 0 atom stereocenters. The topological polar surface area (TPSA) is 36.4 Å². The van der Waals surface area contributed by atoms with Crippen LogP contribution in [0.2, 0.25) is 0 Å². The van der Waals surface area contributed by atoms with E-state index in [-0.39, 0.29) is 5.91 Å². The third-order valence-corrected chi connectivity index (χ3v) is 6.64. The summed E-state index contributed by atoms with van der Waals surface area (Å²) in [5.74, 6) is 0.119. The summed E-state index contributed by atoms with van der Waals surface area (Å²) in [6.07, 6.45) is -1.26. The number of unbranched alkanes of at least 4 members (excludes halogenated alkanes) is 1. The molecule has 0 bridgehead atoms. The molecule has 4 rings (SSSR count). The van der Waals surface area contributed by atoms with E-state index in [1.54, 1.807) is 17.4 Å². The fraction of sp³-hybridized carbons (Fsp3) is 0.391. The SMILES string of the molecule is O=C(CCCCc1nc2ccccc2s1)N1CCN(c2cccc(C(F)(F)F)c2)CC1. The monoisotopic (exact) mass is 447 g/mol. The molecule has 1 aliphatic heterocycles. The zero-order valence-electron chi connectivity index (χ0n) is 17.1. The van der Waals surface area contributed by atoms with Crippen molar-refractivity contribution in [2.75, 3.05) is 31.1 Å². The van der Waals surface area contributed by atoms with Gasteiger partial charge in [-0.1, -0.05) is 18.2 Å². The van der Waals surface area contributed by atoms with Crippen LogP contribution in [-0.2, 0) is 17.4 Å². The van der Waals surface area contributed by atoms with Crippen LogP contribution in [0, 0.1) is 0 Å². The molecule has 164 valence electrons. The molecule has 3 aromatic rings. The molecule has 31 heavy (non-hydrogen) atoms. The largest absolute Gasteiger partial charge is 0.416 e. The van der Waals surface area contributed by atoms with Crippen LogP contribution in [0.5, 0.6) is 0 Å². The fourth-order valence-electron chi connectivity index (χ4n) is 3.83. The number of thiazole rings is 1. The van der Waals surface area contributed by atoms with Crippen molar-refractivity contribution in [2.45, 2.75) is 31.9 Å². The highest BCUT2D eigenvalue weighted by Crippen LogP contribution is 2.32. The number of anilines is 1. The number of carbonyl (C=O) groups excluding carboxylic acids is 1. The second kappa shape index (κ2) is 9.26. The number of para-hydroxylation sites is 1. The van der Waals surface area contributed by atoms with Crippen molar-refractivity contribution >= 4 is 33.1 Å². The van der Waals surface area contributed by atoms with Gasteiger partial charge in [-0.2, -0.15) is 13.2 Å². The molecule has 0 aliphatic carbocycles. The van der Waals surface area contributed by atoms with Gasteiger partial charge in [-0.25, -0.2) is 4.98 Å². The summed E-state index contributed by atoms with van der Waals surface area (Å²) in [4.78, 5) is 20.9. The summed E-state index contributed by atoms with van der Waals surface area (Å²) in [6.45, 7) is 2.15. The normalized spacial score (nSPS) is 14.9. The van der Waals surface area contributed by atoms with Gasteiger partial charge in [0.15, 0.2) is 0 Å². The van der Waals surface area contributed by atoms with Crippen LogP contribution in [0.15, 0.2) is 48.5 Å². The van der Waals surface area contributed by atoms with Gasteiger partial charge < -0.3 is 9.80 Å². The van der Waals surface area contributed by atoms with Crippen LogP contribution in [-0.4, -0.2) is 42.0 Å². The summed E-state index contributed by atoms with van der Waals surface area (Å²) >= 11 is 1.70. The maximum absolute atomic E-state index is 12.9. The minimum absolute atomic E-state index is 0.119. The molecule has 0 spiro atoms. The molecule has 0 unspecified atom stereocenters. The lowest BCUT2D eigenvalue weighted by molar-refractivity contribution is -0.137. The van der Waals surface area contributed by atoms with Crippen molar-refractivity contribution in [3.8, 4) is 0 Å². The first-order valence-corrected chi connectivity index (χ1v) is 11.3. The van der Waals surface area contributed by atoms with E-state index in [1.165, 1.54) is 16.8 Å². The maximum Gasteiger partial charge on any atom is 0.416 e. The van der Waals surface area contributed by atoms with E-state index < -0.39 is 11.7 Å². The van der Waals surface area contributed by atoms with Crippen molar-refractivity contribution in [3.63, 3.8) is 0 Å². The first kappa shape index (κ1) is 21.6. The van der Waals surface area contributed by atoms with E-state index in [2.05, 4.69) is 11.1 Å². The first-order valence-electron chi connectivity index (χ1n) is 10.4. The van der Waals surface area contributed by atoms with E-state index in [4.69, 9.17) is 0 Å². The smallest absolute Gasteiger partial charge is 0.368 e. The summed E-state index contributed by atoms with van der Waals surface area (Å²) in [5, 5.41) is 1.10. The van der Waals surface area contributed by atoms with Gasteiger partial charge in [0.2, 0.25) is 5.91 Å². The Labute approximate surface area is 183 Å². The molecule has 0 N–H and O–H groups in total. The molecular formula is C23H24F3N3OS. The number of fused-ring (bicyclic) bond motifs is 1. The van der Waals surface area contributed by atoms with Crippen molar-refractivity contribution in [1.29, 1.82) is 0 Å². The number of alkyl halides is 3. The minimum Gasteiger partial charge on any atom is -0.368 e. The van der Waals surface area contributed by atoms with Crippen molar-refractivity contribution in [1.82, 2.24) is 9.88 Å². The summed E-state index contributed by atoms with van der Waals surface area (Å²) in [7, 11) is 0. The van der Waals surface area contributed by atoms with E-state index in [0.29, 0.717) is 38.3 Å². The highest BCUT2D eigenvalue weighted by Gasteiger charge is 2.31. The molecule has 1 amide bonds. The van der Waals surface area contributed by atoms with Gasteiger partial charge >= 0.3 is 6.18 Å². The fourth-order valence-corrected chi connectivity index (χ4v) is 4.84. The lowest BCUT2D eigenvalue weighted by Gasteiger charge is -2.36. The van der Waals surface area contributed by atoms with Crippen LogP contribution < -0.4 is 4.90 Å². The van der Waals surface area contributed by atoms with Gasteiger partial charge in [0.05, 0.1) is 20.8 Å². The van der Waals surface area contributed by atoms with Crippen LogP contribution in [0.3, 0.4) is 0 Å². The average Bonchev–Trinajstić information content (AvgIpc) is 3.19. The Kier molecular flexibility index (Phi) is 6.46. The third kappa shape index (κ3) is 5.36. The number of amides is 1. The Bertz CT molecular complexity index is 1010. The van der Waals surface area contributed by atoms with Gasteiger partial charge in [-0.3, -0.25) is 4.79 Å². The minimum atomic E-state index is -4.35. The van der Waals surface area contributed by atoms with Crippen LogP contribution in [0.25, 0.3) is 10.2 Å². The zero-order chi connectivity index (χ0) is 21.8. The Balaban J connectivity index is 1.21. The number of nitrogens with zero attached hydrogens (tertiary/aromatic N) is 3. The van der Waals surface area contributed by atoms with Gasteiger partial charge in [-0.15, -0.1) is 11.3 Å². The van der Waals surface area contributed by atoms with Crippen LogP contribution in [0.1, 0.15) is 29.8 Å². The summed E-state index contributed by atoms with van der Waals surface area (Å²) in [5.41, 5.74) is 0.937. The van der Waals surface area contributed by atoms with Crippen LogP contribution >= 0.6 is 11.3 Å².